The number of anilines is 1. The van der Waals surface area contributed by atoms with Gasteiger partial charge in [-0.3, -0.25) is 0 Å². The third kappa shape index (κ3) is 1.59. The van der Waals surface area contributed by atoms with Gasteiger partial charge in [-0.2, -0.15) is 13.7 Å². The molecular formula is C11H9N3O2S. The van der Waals surface area contributed by atoms with Gasteiger partial charge < -0.3 is 4.90 Å². The van der Waals surface area contributed by atoms with Gasteiger partial charge in [-0.15, -0.1) is 4.40 Å². The highest BCUT2D eigenvalue weighted by Gasteiger charge is 2.34. The van der Waals surface area contributed by atoms with Crippen LogP contribution in [0.5, 0.6) is 0 Å². The monoisotopic (exact) mass is 247 g/mol. The number of hydrogen-bond donors (Lipinski definition) is 0. The zero-order valence-corrected chi connectivity index (χ0v) is 9.68. The van der Waals surface area contributed by atoms with Crippen LogP contribution in [0.3, 0.4) is 0 Å². The molecule has 0 aromatic heterocycles. The molecule has 0 bridgehead atoms. The number of fused-ring (bicyclic) bond motifs is 1. The van der Waals surface area contributed by atoms with Crippen molar-refractivity contribution in [2.24, 2.45) is 4.40 Å². The van der Waals surface area contributed by atoms with E-state index in [1.807, 2.05) is 11.0 Å². The third-order valence-electron chi connectivity index (χ3n) is 2.90. The second-order valence-electron chi connectivity index (χ2n) is 4.13. The Morgan fingerprint density at radius 1 is 1.41 bits per heavy atom. The third-order valence-corrected chi connectivity index (χ3v) is 4.15. The fraction of sp³-hybridized carbons (Fsp3) is 0.273. The van der Waals surface area contributed by atoms with Crippen LogP contribution in [0.2, 0.25) is 0 Å². The van der Waals surface area contributed by atoms with Crippen LogP contribution in [-0.2, 0) is 10.0 Å². The van der Waals surface area contributed by atoms with Crippen molar-refractivity contribution < 1.29 is 8.42 Å². The summed E-state index contributed by atoms with van der Waals surface area (Å²) in [7, 11) is -3.64. The van der Waals surface area contributed by atoms with E-state index in [2.05, 4.69) is 4.40 Å². The van der Waals surface area contributed by atoms with Gasteiger partial charge in [0.1, 0.15) is 11.2 Å². The molecule has 0 atom stereocenters. The minimum atomic E-state index is -3.64. The molecule has 1 aliphatic carbocycles. The van der Waals surface area contributed by atoms with E-state index >= 15 is 0 Å². The predicted octanol–water partition coefficient (Wildman–Crippen LogP) is 1.26. The predicted molar refractivity (Wildman–Crippen MR) is 62.3 cm³/mol. The van der Waals surface area contributed by atoms with E-state index in [0.717, 1.165) is 12.8 Å². The van der Waals surface area contributed by atoms with Gasteiger partial charge >= 0.3 is 0 Å². The topological polar surface area (TPSA) is 73.5 Å². The molecule has 1 aromatic rings. The van der Waals surface area contributed by atoms with E-state index in [9.17, 15) is 8.42 Å². The lowest BCUT2D eigenvalue weighted by Gasteiger charge is -2.24. The molecule has 86 valence electrons. The smallest absolute Gasteiger partial charge is 0.285 e. The Morgan fingerprint density at radius 3 is 2.82 bits per heavy atom. The molecular weight excluding hydrogens is 238 g/mol. The van der Waals surface area contributed by atoms with Gasteiger partial charge in [0.15, 0.2) is 0 Å². The minimum Gasteiger partial charge on any atom is -0.327 e. The van der Waals surface area contributed by atoms with Gasteiger partial charge in [0.25, 0.3) is 10.0 Å². The first-order valence-electron chi connectivity index (χ1n) is 5.25. The highest BCUT2D eigenvalue weighted by atomic mass is 32.2. The van der Waals surface area contributed by atoms with E-state index in [-0.39, 0.29) is 4.90 Å². The zero-order valence-electron chi connectivity index (χ0n) is 8.87. The summed E-state index contributed by atoms with van der Waals surface area (Å²) in [5.74, 6) is 0. The van der Waals surface area contributed by atoms with Crippen molar-refractivity contribution in [3.8, 4) is 6.07 Å². The summed E-state index contributed by atoms with van der Waals surface area (Å²) < 4.78 is 27.2. The van der Waals surface area contributed by atoms with Crippen LogP contribution < -0.4 is 4.90 Å². The van der Waals surface area contributed by atoms with Gasteiger partial charge in [-0.1, -0.05) is 0 Å². The molecule has 1 aliphatic heterocycles. The van der Waals surface area contributed by atoms with Gasteiger partial charge in [0, 0.05) is 6.04 Å². The first-order chi connectivity index (χ1) is 8.12. The summed E-state index contributed by atoms with van der Waals surface area (Å²) in [5, 5.41) is 8.80. The molecule has 1 saturated carbocycles. The molecule has 0 radical (unpaired) electrons. The summed E-state index contributed by atoms with van der Waals surface area (Å²) in [6.07, 6.45) is 3.47. The number of benzene rings is 1. The number of rotatable bonds is 1. The van der Waals surface area contributed by atoms with Crippen molar-refractivity contribution in [3.63, 3.8) is 0 Å². The average molecular weight is 247 g/mol. The Bertz CT molecular complexity index is 654. The molecule has 0 spiro atoms. The van der Waals surface area contributed by atoms with Crippen molar-refractivity contribution in [3.05, 3.63) is 23.8 Å². The number of hydrogen-bond acceptors (Lipinski definition) is 4. The highest BCUT2D eigenvalue weighted by Crippen LogP contribution is 2.37. The lowest BCUT2D eigenvalue weighted by atomic mass is 10.2. The zero-order chi connectivity index (χ0) is 12.0. The van der Waals surface area contributed by atoms with Crippen LogP contribution >= 0.6 is 0 Å². The standard InChI is InChI=1S/C11H9N3O2S/c12-6-8-1-4-10-11(5-8)17(15,16)13-7-14(10)9-2-3-9/h1,4-5,7,9H,2-3H2. The Kier molecular flexibility index (Phi) is 2.00. The van der Waals surface area contributed by atoms with Gasteiger partial charge in [-0.05, 0) is 31.0 Å². The van der Waals surface area contributed by atoms with Crippen molar-refractivity contribution >= 4 is 22.0 Å². The van der Waals surface area contributed by atoms with Gasteiger partial charge in [0.05, 0.1) is 17.3 Å². The maximum absolute atomic E-state index is 11.8. The summed E-state index contributed by atoms with van der Waals surface area (Å²) in [6.45, 7) is 0. The average Bonchev–Trinajstić information content (AvgIpc) is 3.13. The summed E-state index contributed by atoms with van der Waals surface area (Å²) >= 11 is 0. The molecule has 1 aromatic carbocycles. The van der Waals surface area contributed by atoms with Crippen LogP contribution in [0.25, 0.3) is 0 Å². The van der Waals surface area contributed by atoms with Gasteiger partial charge in [-0.25, -0.2) is 0 Å². The molecule has 0 N–H and O–H groups in total. The summed E-state index contributed by atoms with van der Waals surface area (Å²) in [5.41, 5.74) is 0.960. The Morgan fingerprint density at radius 2 is 2.18 bits per heavy atom. The summed E-state index contributed by atoms with van der Waals surface area (Å²) in [4.78, 5) is 2.00. The fourth-order valence-electron chi connectivity index (χ4n) is 1.88. The van der Waals surface area contributed by atoms with Crippen LogP contribution in [-0.4, -0.2) is 20.8 Å². The van der Waals surface area contributed by atoms with Crippen LogP contribution in [0.1, 0.15) is 18.4 Å². The van der Waals surface area contributed by atoms with Crippen molar-refractivity contribution in [2.75, 3.05) is 4.90 Å². The first-order valence-corrected chi connectivity index (χ1v) is 6.69. The normalized spacial score (nSPS) is 20.8. The molecule has 1 heterocycles. The second kappa shape index (κ2) is 3.31. The van der Waals surface area contributed by atoms with Crippen LogP contribution in [0.4, 0.5) is 5.69 Å². The number of nitrogens with zero attached hydrogens (tertiary/aromatic N) is 3. The molecule has 0 amide bonds. The van der Waals surface area contributed by atoms with Crippen molar-refractivity contribution in [2.45, 2.75) is 23.8 Å². The maximum Gasteiger partial charge on any atom is 0.285 e. The molecule has 3 rings (SSSR count). The molecule has 1 fully saturated rings. The highest BCUT2D eigenvalue weighted by molar-refractivity contribution is 7.90. The SMILES string of the molecule is N#Cc1ccc2c(c1)S(=O)(=O)N=CN2C1CC1. The Hall–Kier alpha value is -1.87. The second-order valence-corrected chi connectivity index (χ2v) is 5.73. The lowest BCUT2D eigenvalue weighted by molar-refractivity contribution is 0.597. The lowest BCUT2D eigenvalue weighted by Crippen LogP contribution is -2.29. The minimum absolute atomic E-state index is 0.131. The van der Waals surface area contributed by atoms with E-state index in [1.54, 1.807) is 12.1 Å². The maximum atomic E-state index is 11.8. The molecule has 5 nitrogen and oxygen atoms in total. The largest absolute Gasteiger partial charge is 0.327 e. The number of sulfonamides is 1. The van der Waals surface area contributed by atoms with Crippen molar-refractivity contribution in [1.82, 2.24) is 0 Å². The molecule has 0 saturated heterocycles. The molecule has 2 aliphatic rings. The molecule has 17 heavy (non-hydrogen) atoms. The molecule has 0 unspecified atom stereocenters. The first kappa shape index (κ1) is 10.3. The fourth-order valence-corrected chi connectivity index (χ4v) is 2.93. The van der Waals surface area contributed by atoms with Gasteiger partial charge in [0.2, 0.25) is 0 Å². The molecule has 6 heteroatoms. The van der Waals surface area contributed by atoms with E-state index in [1.165, 1.54) is 12.4 Å². The van der Waals surface area contributed by atoms with E-state index < -0.39 is 10.0 Å². The Labute approximate surface area is 99.1 Å². The summed E-state index contributed by atoms with van der Waals surface area (Å²) in [6, 6.07) is 6.98. The quantitative estimate of drug-likeness (QED) is 0.748. The van der Waals surface area contributed by atoms with Crippen molar-refractivity contribution in [1.29, 1.82) is 5.26 Å². The Balaban J connectivity index is 2.21. The van der Waals surface area contributed by atoms with E-state index in [0.29, 0.717) is 17.3 Å². The van der Waals surface area contributed by atoms with Crippen LogP contribution in [0, 0.1) is 11.3 Å². The van der Waals surface area contributed by atoms with Crippen LogP contribution in [0.15, 0.2) is 27.5 Å². The number of nitriles is 1. The van der Waals surface area contributed by atoms with E-state index in [4.69, 9.17) is 5.26 Å².